The molecule has 2 aromatic carbocycles. The van der Waals surface area contributed by atoms with E-state index in [9.17, 15) is 18.0 Å². The van der Waals surface area contributed by atoms with Crippen molar-refractivity contribution in [1.29, 1.82) is 0 Å². The Morgan fingerprint density at radius 1 is 1.10 bits per heavy atom. The number of hydrogen-bond donors (Lipinski definition) is 2. The van der Waals surface area contributed by atoms with Gasteiger partial charge in [-0.05, 0) is 70.4 Å². The Kier molecular flexibility index (Phi) is 8.98. The van der Waals surface area contributed by atoms with Gasteiger partial charge in [0.15, 0.2) is 0 Å². The molecule has 2 heterocycles. The molecule has 2 aliphatic rings. The van der Waals surface area contributed by atoms with Crippen LogP contribution in [0.1, 0.15) is 51.7 Å². The van der Waals surface area contributed by atoms with E-state index in [0.29, 0.717) is 48.1 Å². The fourth-order valence-corrected chi connectivity index (χ4v) is 7.27. The first kappa shape index (κ1) is 29.8. The second kappa shape index (κ2) is 11.7. The van der Waals surface area contributed by atoms with Gasteiger partial charge in [-0.2, -0.15) is 0 Å². The molecule has 1 unspecified atom stereocenters. The maximum atomic E-state index is 13.8. The maximum Gasteiger partial charge on any atom is 0.249 e. The third-order valence-corrected chi connectivity index (χ3v) is 10.3. The second-order valence-corrected chi connectivity index (χ2v) is 14.2. The number of anilines is 1. The maximum absolute atomic E-state index is 13.8. The molecule has 1 fully saturated rings. The molecule has 0 aliphatic carbocycles. The molecule has 0 bridgehead atoms. The van der Waals surface area contributed by atoms with E-state index in [1.165, 1.54) is 4.31 Å². The lowest BCUT2D eigenvalue weighted by atomic mass is 9.82. The molecule has 1 atom stereocenters. The van der Waals surface area contributed by atoms with Crippen molar-refractivity contribution in [3.05, 3.63) is 63.6 Å². The Labute approximate surface area is 241 Å². The summed E-state index contributed by atoms with van der Waals surface area (Å²) in [6, 6.07) is 12.4. The normalized spacial score (nSPS) is 20.5. The van der Waals surface area contributed by atoms with E-state index >= 15 is 0 Å². The van der Waals surface area contributed by atoms with Crippen LogP contribution < -0.4 is 10.6 Å². The molecule has 0 spiro atoms. The fraction of sp³-hybridized carbons (Fsp3) is 0.500. The van der Waals surface area contributed by atoms with Crippen molar-refractivity contribution < 1.29 is 18.0 Å². The number of amides is 2. The molecule has 2 N–H and O–H groups in total. The predicted octanol–water partition coefficient (Wildman–Crippen LogP) is 4.41. The molecule has 0 saturated carbocycles. The molecular weight excluding hydrogens is 559 g/mol. The van der Waals surface area contributed by atoms with Crippen LogP contribution in [-0.2, 0) is 31.6 Å². The first-order valence-corrected chi connectivity index (χ1v) is 15.5. The minimum Gasteiger partial charge on any atom is -0.352 e. The minimum absolute atomic E-state index is 0.0156. The highest BCUT2D eigenvalue weighted by molar-refractivity contribution is 7.89. The summed E-state index contributed by atoms with van der Waals surface area (Å²) < 4.78 is 26.5. The average molecular weight is 596 g/mol. The third-order valence-electron chi connectivity index (χ3n) is 7.60. The Balaban J connectivity index is 1.59. The smallest absolute Gasteiger partial charge is 0.249 e. The van der Waals surface area contributed by atoms with Crippen molar-refractivity contribution in [3.8, 4) is 0 Å². The standard InChI is InChI=1S/C28H36Cl2N4O4S/c1-18(2)34(17-26(35)31-23-10-12-33(13-11-23)39(37,38)19(3)4)28(16-20-6-5-7-21(29)14-20)24-9-8-22(30)15-25(24)32-27(28)36/h5-9,14-15,18-19,23H,10-13,16-17H2,1-4H3,(H,31,35)(H,32,36). The Hall–Kier alpha value is -2.17. The van der Waals surface area contributed by atoms with Gasteiger partial charge in [-0.25, -0.2) is 12.7 Å². The first-order valence-electron chi connectivity index (χ1n) is 13.3. The molecule has 0 aromatic heterocycles. The van der Waals surface area contributed by atoms with Crippen LogP contribution in [0.25, 0.3) is 0 Å². The summed E-state index contributed by atoms with van der Waals surface area (Å²) in [6.07, 6.45) is 1.38. The molecule has 39 heavy (non-hydrogen) atoms. The minimum atomic E-state index is -3.32. The topological polar surface area (TPSA) is 98.8 Å². The second-order valence-electron chi connectivity index (χ2n) is 10.9. The van der Waals surface area contributed by atoms with Gasteiger partial charge >= 0.3 is 0 Å². The number of carbonyl (C=O) groups excluding carboxylic acids is 2. The van der Waals surface area contributed by atoms with Crippen LogP contribution in [0.15, 0.2) is 42.5 Å². The van der Waals surface area contributed by atoms with Gasteiger partial charge in [0.05, 0.1) is 11.8 Å². The van der Waals surface area contributed by atoms with Crippen molar-refractivity contribution in [2.75, 3.05) is 25.0 Å². The SMILES string of the molecule is CC(C)N(CC(=O)NC1CCN(S(=O)(=O)C(C)C)CC1)C1(Cc2cccc(Cl)c2)C(=O)Nc2cc(Cl)ccc21. The Morgan fingerprint density at radius 2 is 1.77 bits per heavy atom. The largest absolute Gasteiger partial charge is 0.352 e. The fourth-order valence-electron chi connectivity index (χ4n) is 5.57. The molecule has 2 aromatic rings. The van der Waals surface area contributed by atoms with Crippen LogP contribution in [-0.4, -0.2) is 66.4 Å². The van der Waals surface area contributed by atoms with E-state index < -0.39 is 20.8 Å². The van der Waals surface area contributed by atoms with Gasteiger partial charge in [-0.15, -0.1) is 0 Å². The summed E-state index contributed by atoms with van der Waals surface area (Å²) in [5.74, 6) is -0.442. The van der Waals surface area contributed by atoms with Gasteiger partial charge in [0, 0.05) is 52.9 Å². The number of nitrogens with zero attached hydrogens (tertiary/aromatic N) is 2. The lowest BCUT2D eigenvalue weighted by molar-refractivity contribution is -0.134. The quantitative estimate of drug-likeness (QED) is 0.448. The van der Waals surface area contributed by atoms with Gasteiger partial charge < -0.3 is 10.6 Å². The van der Waals surface area contributed by atoms with Crippen molar-refractivity contribution in [1.82, 2.24) is 14.5 Å². The lowest BCUT2D eigenvalue weighted by Crippen LogP contribution is -2.59. The number of sulfonamides is 1. The van der Waals surface area contributed by atoms with Crippen molar-refractivity contribution in [2.24, 2.45) is 0 Å². The van der Waals surface area contributed by atoms with E-state index in [-0.39, 0.29) is 30.4 Å². The predicted molar refractivity (Wildman–Crippen MR) is 156 cm³/mol. The van der Waals surface area contributed by atoms with Crippen LogP contribution in [0.3, 0.4) is 0 Å². The summed E-state index contributed by atoms with van der Waals surface area (Å²) >= 11 is 12.5. The highest BCUT2D eigenvalue weighted by Crippen LogP contribution is 2.45. The molecule has 212 valence electrons. The number of carbonyl (C=O) groups is 2. The highest BCUT2D eigenvalue weighted by Gasteiger charge is 2.52. The molecular formula is C28H36Cl2N4O4S. The molecule has 2 amide bonds. The van der Waals surface area contributed by atoms with E-state index in [0.717, 1.165) is 11.1 Å². The first-order chi connectivity index (χ1) is 18.3. The van der Waals surface area contributed by atoms with Crippen LogP contribution in [0.2, 0.25) is 10.0 Å². The van der Waals surface area contributed by atoms with Crippen LogP contribution in [0.5, 0.6) is 0 Å². The number of fused-ring (bicyclic) bond motifs is 1. The molecule has 1 saturated heterocycles. The van der Waals surface area contributed by atoms with Crippen molar-refractivity contribution >= 4 is 50.7 Å². The number of halogens is 2. The zero-order valence-corrected chi connectivity index (χ0v) is 25.0. The van der Waals surface area contributed by atoms with Gasteiger partial charge in [-0.1, -0.05) is 41.4 Å². The Bertz CT molecular complexity index is 1340. The summed E-state index contributed by atoms with van der Waals surface area (Å²) in [4.78, 5) is 29.2. The number of rotatable bonds is 9. The summed E-state index contributed by atoms with van der Waals surface area (Å²) in [5, 5.41) is 6.68. The molecule has 11 heteroatoms. The van der Waals surface area contributed by atoms with Crippen molar-refractivity contribution in [3.63, 3.8) is 0 Å². The van der Waals surface area contributed by atoms with Crippen LogP contribution in [0, 0.1) is 0 Å². The monoisotopic (exact) mass is 594 g/mol. The number of hydrogen-bond acceptors (Lipinski definition) is 5. The summed E-state index contributed by atoms with van der Waals surface area (Å²) in [6.45, 7) is 8.00. The zero-order chi connectivity index (χ0) is 28.5. The average Bonchev–Trinajstić information content (AvgIpc) is 3.13. The summed E-state index contributed by atoms with van der Waals surface area (Å²) in [5.41, 5.74) is 1.08. The van der Waals surface area contributed by atoms with E-state index in [1.54, 1.807) is 32.0 Å². The van der Waals surface area contributed by atoms with Crippen molar-refractivity contribution in [2.45, 2.75) is 69.8 Å². The van der Waals surface area contributed by atoms with Gasteiger partial charge in [0.2, 0.25) is 21.8 Å². The number of benzene rings is 2. The Morgan fingerprint density at radius 3 is 2.38 bits per heavy atom. The van der Waals surface area contributed by atoms with E-state index in [4.69, 9.17) is 23.2 Å². The van der Waals surface area contributed by atoms with Gasteiger partial charge in [0.25, 0.3) is 0 Å². The van der Waals surface area contributed by atoms with Gasteiger partial charge in [0.1, 0.15) is 5.54 Å². The summed E-state index contributed by atoms with van der Waals surface area (Å²) in [7, 11) is -3.32. The zero-order valence-electron chi connectivity index (χ0n) is 22.7. The molecule has 0 radical (unpaired) electrons. The van der Waals surface area contributed by atoms with Crippen LogP contribution in [0.4, 0.5) is 5.69 Å². The highest BCUT2D eigenvalue weighted by atomic mass is 35.5. The van der Waals surface area contributed by atoms with Gasteiger partial charge in [-0.3, -0.25) is 14.5 Å². The third kappa shape index (κ3) is 6.12. The molecule has 8 nitrogen and oxygen atoms in total. The van der Waals surface area contributed by atoms with E-state index in [2.05, 4.69) is 10.6 Å². The lowest BCUT2D eigenvalue weighted by Gasteiger charge is -2.42. The number of nitrogens with one attached hydrogen (secondary N) is 2. The number of piperidine rings is 1. The van der Waals surface area contributed by atoms with Crippen LogP contribution >= 0.6 is 23.2 Å². The molecule has 2 aliphatic heterocycles. The van der Waals surface area contributed by atoms with E-state index in [1.807, 2.05) is 43.0 Å². The molecule has 4 rings (SSSR count).